The maximum atomic E-state index is 15.3. The van der Waals surface area contributed by atoms with E-state index in [2.05, 4.69) is 35.3 Å². The Balaban J connectivity index is 1.87. The average molecular weight is 554 g/mol. The summed E-state index contributed by atoms with van der Waals surface area (Å²) in [6.45, 7) is 12.8. The molecule has 3 atom stereocenters. The van der Waals surface area contributed by atoms with Crippen molar-refractivity contribution < 1.29 is 18.0 Å². The molecule has 208 valence electrons. The summed E-state index contributed by atoms with van der Waals surface area (Å²) < 4.78 is 35.3. The van der Waals surface area contributed by atoms with Gasteiger partial charge in [-0.05, 0) is 61.7 Å². The summed E-state index contributed by atoms with van der Waals surface area (Å²) in [7, 11) is 2.72. The van der Waals surface area contributed by atoms with Crippen molar-refractivity contribution in [1.29, 1.82) is 0 Å². The first kappa shape index (κ1) is 28.9. The summed E-state index contributed by atoms with van der Waals surface area (Å²) >= 11 is 0. The highest BCUT2D eigenvalue weighted by Gasteiger charge is 2.56. The van der Waals surface area contributed by atoms with Crippen LogP contribution in [0.5, 0.6) is 0 Å². The predicted molar refractivity (Wildman–Crippen MR) is 157 cm³/mol. The van der Waals surface area contributed by atoms with Gasteiger partial charge in [-0.3, -0.25) is 9.80 Å². The van der Waals surface area contributed by atoms with Crippen LogP contribution in [0, 0.1) is 29.4 Å². The van der Waals surface area contributed by atoms with Gasteiger partial charge in [0.15, 0.2) is 5.82 Å². The van der Waals surface area contributed by atoms with E-state index >= 15 is 4.39 Å². The van der Waals surface area contributed by atoms with Crippen LogP contribution in [0.15, 0.2) is 58.0 Å². The Kier molecular flexibility index (Phi) is 8.32. The zero-order valence-corrected chi connectivity index (χ0v) is 24.7. The molecule has 0 radical (unpaired) electrons. The van der Waals surface area contributed by atoms with Gasteiger partial charge >= 0.3 is 0 Å². The van der Waals surface area contributed by atoms with E-state index in [4.69, 9.17) is 9.52 Å². The van der Waals surface area contributed by atoms with E-state index in [1.54, 1.807) is 0 Å². The molecule has 2 heterocycles. The number of aryl methyl sites for hydroxylation is 2. The Morgan fingerprint density at radius 2 is 1.90 bits per heavy atom. The van der Waals surface area contributed by atoms with Crippen LogP contribution in [0.25, 0.3) is 0 Å². The topological polar surface area (TPSA) is 57.8 Å². The molecule has 5 nitrogen and oxygen atoms in total. The van der Waals surface area contributed by atoms with Crippen molar-refractivity contribution >= 4 is 31.9 Å². The van der Waals surface area contributed by atoms with E-state index < -0.39 is 23.1 Å². The van der Waals surface area contributed by atoms with Crippen LogP contribution in [0.4, 0.5) is 14.5 Å². The molecule has 0 saturated heterocycles. The molecule has 39 heavy (non-hydrogen) atoms. The lowest BCUT2D eigenvalue weighted by Crippen LogP contribution is -2.49. The number of anilines is 1. The summed E-state index contributed by atoms with van der Waals surface area (Å²) in [5.41, 5.74) is 1.27. The van der Waals surface area contributed by atoms with Crippen molar-refractivity contribution in [2.75, 3.05) is 11.6 Å². The summed E-state index contributed by atoms with van der Waals surface area (Å²) in [6, 6.07) is 12.2. The Morgan fingerprint density at radius 3 is 2.51 bits per heavy atom. The van der Waals surface area contributed by atoms with Crippen molar-refractivity contribution in [3.05, 3.63) is 82.8 Å². The zero-order valence-electron chi connectivity index (χ0n) is 23.6. The molecule has 1 aromatic heterocycles. The molecule has 1 N–H and O–H groups in total. The zero-order chi connectivity index (χ0) is 28.5. The van der Waals surface area contributed by atoms with Crippen LogP contribution < -0.4 is 15.6 Å². The highest BCUT2D eigenvalue weighted by atomic mass is 31.0. The third-order valence-electron chi connectivity index (χ3n) is 7.27. The van der Waals surface area contributed by atoms with Crippen LogP contribution >= 0.6 is 9.24 Å². The van der Waals surface area contributed by atoms with E-state index in [9.17, 15) is 9.18 Å². The fourth-order valence-electron chi connectivity index (χ4n) is 5.11. The summed E-state index contributed by atoms with van der Waals surface area (Å²) in [5.74, 6) is -0.459. The molecular weight excluding hydrogens is 515 g/mol. The molecule has 8 heteroatoms. The van der Waals surface area contributed by atoms with Crippen molar-refractivity contribution in [3.63, 3.8) is 0 Å². The lowest BCUT2D eigenvalue weighted by molar-refractivity contribution is -0.127. The highest BCUT2D eigenvalue weighted by molar-refractivity contribution is 7.27. The van der Waals surface area contributed by atoms with Crippen molar-refractivity contribution in [2.24, 2.45) is 15.9 Å². The molecule has 3 unspecified atom stereocenters. The Bertz CT molecular complexity index is 1390. The third-order valence-corrected chi connectivity index (χ3v) is 7.75. The standard InChI is InChI=1S/C31H38F2N3O2P/c1-7-21-11-14-25(38-21)28-31(6,29(37)34-16-8-15-30(3,4)5)27(22-12-9-19(2)17-26(22)39)35-36(28)24-13-10-20(32)18-23(24)33/h9-14,17-18,28H,7-8,15-16,39H2,1-6H3,(H,34,37). The highest BCUT2D eigenvalue weighted by Crippen LogP contribution is 2.50. The van der Waals surface area contributed by atoms with Crippen molar-refractivity contribution in [3.8, 4) is 0 Å². The Labute approximate surface area is 232 Å². The minimum atomic E-state index is -1.26. The lowest BCUT2D eigenvalue weighted by Gasteiger charge is -2.34. The van der Waals surface area contributed by atoms with Crippen LogP contribution in [-0.2, 0) is 11.2 Å². The second-order valence-electron chi connectivity index (χ2n) is 11.7. The molecule has 0 aliphatic carbocycles. The monoisotopic (exact) mass is 553 g/mol. The summed E-state index contributed by atoms with van der Waals surface area (Å²) in [5, 5.41) is 10.4. The number of hydrogen-bond donors (Lipinski definition) is 1. The van der Waals surface area contributed by atoms with Gasteiger partial charge in [-0.1, -0.05) is 51.5 Å². The smallest absolute Gasteiger partial charge is 0.234 e. The van der Waals surface area contributed by atoms with Gasteiger partial charge in [-0.25, -0.2) is 8.78 Å². The molecule has 0 bridgehead atoms. The molecule has 0 saturated carbocycles. The third kappa shape index (κ3) is 5.94. The van der Waals surface area contributed by atoms with Crippen LogP contribution in [-0.4, -0.2) is 18.2 Å². The van der Waals surface area contributed by atoms with E-state index in [0.717, 1.165) is 41.1 Å². The first-order valence-corrected chi connectivity index (χ1v) is 14.0. The molecule has 4 rings (SSSR count). The Hall–Kier alpha value is -3.05. The van der Waals surface area contributed by atoms with Crippen LogP contribution in [0.2, 0.25) is 0 Å². The first-order chi connectivity index (χ1) is 18.3. The quantitative estimate of drug-likeness (QED) is 0.245. The SMILES string of the molecule is CCc1ccc(C2N(c3ccc(F)cc3F)N=C(c3ccc(C)cc3P)C2(C)C(=O)NCCCC(C)(C)C)o1. The summed E-state index contributed by atoms with van der Waals surface area (Å²) in [4.78, 5) is 14.2. The molecule has 1 aliphatic heterocycles. The number of halogens is 2. The molecule has 1 amide bonds. The van der Waals surface area contributed by atoms with Gasteiger partial charge in [0.05, 0.1) is 11.4 Å². The van der Waals surface area contributed by atoms with E-state index in [1.165, 1.54) is 17.1 Å². The van der Waals surface area contributed by atoms with E-state index in [1.807, 2.05) is 51.1 Å². The number of amides is 1. The minimum Gasteiger partial charge on any atom is -0.464 e. The second kappa shape index (κ2) is 11.2. The molecule has 0 fully saturated rings. The molecule has 0 spiro atoms. The normalized spacial score (nSPS) is 19.4. The molecule has 1 aliphatic rings. The molecule has 2 aromatic carbocycles. The van der Waals surface area contributed by atoms with Crippen molar-refractivity contribution in [1.82, 2.24) is 5.32 Å². The number of benzene rings is 2. The fraction of sp³-hybridized carbons (Fsp3) is 0.419. The number of nitrogens with zero attached hydrogens (tertiary/aromatic N) is 2. The van der Waals surface area contributed by atoms with Gasteiger partial charge < -0.3 is 9.73 Å². The van der Waals surface area contributed by atoms with E-state index in [0.29, 0.717) is 24.4 Å². The largest absolute Gasteiger partial charge is 0.464 e. The second-order valence-corrected chi connectivity index (χ2v) is 12.3. The maximum absolute atomic E-state index is 15.3. The van der Waals surface area contributed by atoms with Gasteiger partial charge in [0.2, 0.25) is 5.91 Å². The number of hydrogen-bond acceptors (Lipinski definition) is 4. The maximum Gasteiger partial charge on any atom is 0.234 e. The van der Waals surface area contributed by atoms with Gasteiger partial charge in [0, 0.05) is 24.6 Å². The number of carbonyl (C=O) groups excluding carboxylic acids is 1. The fourth-order valence-corrected chi connectivity index (χ4v) is 5.60. The van der Waals surface area contributed by atoms with Gasteiger partial charge in [0.1, 0.15) is 28.8 Å². The number of carbonyl (C=O) groups is 1. The van der Waals surface area contributed by atoms with Gasteiger partial charge in [-0.15, -0.1) is 9.24 Å². The lowest BCUT2D eigenvalue weighted by atomic mass is 9.74. The first-order valence-electron chi connectivity index (χ1n) is 13.4. The Morgan fingerprint density at radius 1 is 1.15 bits per heavy atom. The predicted octanol–water partition coefficient (Wildman–Crippen LogP) is 6.84. The molecule has 3 aromatic rings. The number of rotatable bonds is 8. The van der Waals surface area contributed by atoms with Crippen LogP contribution in [0.1, 0.15) is 76.1 Å². The number of nitrogens with one attached hydrogen (secondary N) is 1. The number of hydrazone groups is 1. The average Bonchev–Trinajstić information content (AvgIpc) is 3.44. The summed E-state index contributed by atoms with van der Waals surface area (Å²) in [6.07, 6.45) is 2.43. The van der Waals surface area contributed by atoms with Crippen molar-refractivity contribution in [2.45, 2.75) is 66.8 Å². The van der Waals surface area contributed by atoms with Gasteiger partial charge in [-0.2, -0.15) is 5.10 Å². The van der Waals surface area contributed by atoms with Gasteiger partial charge in [0.25, 0.3) is 0 Å². The molecular formula is C31H38F2N3O2P. The number of furan rings is 1. The van der Waals surface area contributed by atoms with Crippen LogP contribution in [0.3, 0.4) is 0 Å². The minimum absolute atomic E-state index is 0.0648. The van der Waals surface area contributed by atoms with E-state index in [-0.39, 0.29) is 17.0 Å².